The second-order valence-corrected chi connectivity index (χ2v) is 6.88. The van der Waals surface area contributed by atoms with E-state index in [1.807, 2.05) is 0 Å². The van der Waals surface area contributed by atoms with E-state index in [0.717, 1.165) is 55.4 Å². The van der Waals surface area contributed by atoms with Crippen LogP contribution in [0.1, 0.15) is 17.5 Å². The Morgan fingerprint density at radius 2 is 1.46 bits per heavy atom. The summed E-state index contributed by atoms with van der Waals surface area (Å²) in [6.45, 7) is 2.39. The number of methoxy groups -OCH3 is 2. The van der Waals surface area contributed by atoms with Crippen LogP contribution < -0.4 is 18.9 Å². The Balaban J connectivity index is 1.91. The molecule has 2 aliphatic rings. The van der Waals surface area contributed by atoms with Gasteiger partial charge in [-0.25, -0.2) is 0 Å². The van der Waals surface area contributed by atoms with E-state index in [-0.39, 0.29) is 0 Å². The molecule has 138 valence electrons. The van der Waals surface area contributed by atoms with Crippen LogP contribution in [0.4, 0.5) is 0 Å². The summed E-state index contributed by atoms with van der Waals surface area (Å²) in [4.78, 5) is 2.39. The van der Waals surface area contributed by atoms with E-state index >= 15 is 0 Å². The summed E-state index contributed by atoms with van der Waals surface area (Å²) in [7, 11) is 5.55. The quantitative estimate of drug-likeness (QED) is 0.824. The first-order valence-electron chi connectivity index (χ1n) is 9.06. The fourth-order valence-electron chi connectivity index (χ4n) is 3.78. The van der Waals surface area contributed by atoms with Crippen LogP contribution >= 0.6 is 0 Å². The largest absolute Gasteiger partial charge is 0.493 e. The summed E-state index contributed by atoms with van der Waals surface area (Å²) in [5.74, 6) is 3.18. The van der Waals surface area contributed by atoms with E-state index in [1.165, 1.54) is 22.3 Å². The summed E-state index contributed by atoms with van der Waals surface area (Å²) in [6, 6.07) is 8.46. The third-order valence-corrected chi connectivity index (χ3v) is 5.25. The van der Waals surface area contributed by atoms with Crippen molar-refractivity contribution in [1.82, 2.24) is 4.90 Å². The molecule has 4 rings (SSSR count). The highest BCUT2D eigenvalue weighted by molar-refractivity contribution is 5.77. The normalized spacial score (nSPS) is 16.6. The summed E-state index contributed by atoms with van der Waals surface area (Å²) in [5.41, 5.74) is 4.94. The van der Waals surface area contributed by atoms with Gasteiger partial charge in [0.15, 0.2) is 23.0 Å². The first-order valence-corrected chi connectivity index (χ1v) is 9.06. The summed E-state index contributed by atoms with van der Waals surface area (Å²) in [5, 5.41) is 0. The Bertz CT molecular complexity index is 818. The molecular weight excluding hydrogens is 330 g/mol. The number of hydrogen-bond acceptors (Lipinski definition) is 5. The Hall–Kier alpha value is -2.40. The molecule has 26 heavy (non-hydrogen) atoms. The maximum absolute atomic E-state index is 5.64. The predicted octanol–water partition coefficient (Wildman–Crippen LogP) is 3.52. The number of nitrogens with zero attached hydrogens (tertiary/aromatic N) is 1. The molecular formula is C21H25NO4. The van der Waals surface area contributed by atoms with Gasteiger partial charge in [0.05, 0.1) is 14.2 Å². The Kier molecular flexibility index (Phi) is 4.64. The lowest BCUT2D eigenvalue weighted by Gasteiger charge is -2.23. The number of fused-ring (bicyclic) bond motifs is 4. The third-order valence-electron chi connectivity index (χ3n) is 5.25. The van der Waals surface area contributed by atoms with Gasteiger partial charge in [-0.15, -0.1) is 0 Å². The van der Waals surface area contributed by atoms with Crippen LogP contribution in [0, 0.1) is 0 Å². The van der Waals surface area contributed by atoms with Crippen LogP contribution in [-0.4, -0.2) is 46.0 Å². The van der Waals surface area contributed by atoms with E-state index in [9.17, 15) is 0 Å². The zero-order chi connectivity index (χ0) is 18.1. The second kappa shape index (κ2) is 7.08. The van der Waals surface area contributed by atoms with Gasteiger partial charge in [0.1, 0.15) is 0 Å². The van der Waals surface area contributed by atoms with Crippen LogP contribution in [0.5, 0.6) is 23.0 Å². The monoisotopic (exact) mass is 355 g/mol. The van der Waals surface area contributed by atoms with Crippen LogP contribution in [-0.2, 0) is 12.8 Å². The summed E-state index contributed by atoms with van der Waals surface area (Å²) in [6.07, 6.45) is 3.08. The highest BCUT2D eigenvalue weighted by atomic mass is 16.7. The Labute approximate surface area is 154 Å². The van der Waals surface area contributed by atoms with Gasteiger partial charge in [-0.1, -0.05) is 0 Å². The van der Waals surface area contributed by atoms with E-state index in [0.29, 0.717) is 6.79 Å². The van der Waals surface area contributed by atoms with Gasteiger partial charge < -0.3 is 23.8 Å². The molecule has 2 aliphatic heterocycles. The molecule has 0 fully saturated rings. The van der Waals surface area contributed by atoms with Crippen molar-refractivity contribution in [2.24, 2.45) is 0 Å². The van der Waals surface area contributed by atoms with Crippen molar-refractivity contribution in [3.63, 3.8) is 0 Å². The highest BCUT2D eigenvalue weighted by Gasteiger charge is 2.22. The maximum atomic E-state index is 5.64. The molecule has 0 aliphatic carbocycles. The fourth-order valence-corrected chi connectivity index (χ4v) is 3.78. The fraction of sp³-hybridized carbons (Fsp3) is 0.429. The van der Waals surface area contributed by atoms with Gasteiger partial charge >= 0.3 is 0 Å². The summed E-state index contributed by atoms with van der Waals surface area (Å²) < 4.78 is 22.3. The number of likely N-dealkylation sites (N-methyl/N-ethyl adjacent to an activating group) is 1. The minimum Gasteiger partial charge on any atom is -0.493 e. The minimum atomic E-state index is 0.291. The molecule has 0 radical (unpaired) electrons. The second-order valence-electron chi connectivity index (χ2n) is 6.88. The molecule has 0 bridgehead atoms. The number of hydrogen-bond donors (Lipinski definition) is 0. The van der Waals surface area contributed by atoms with Crippen molar-refractivity contribution in [1.29, 1.82) is 0 Å². The van der Waals surface area contributed by atoms with Gasteiger partial charge in [-0.2, -0.15) is 0 Å². The van der Waals surface area contributed by atoms with E-state index < -0.39 is 0 Å². The lowest BCUT2D eigenvalue weighted by molar-refractivity contribution is 0.174. The highest BCUT2D eigenvalue weighted by Crippen LogP contribution is 2.43. The topological polar surface area (TPSA) is 40.2 Å². The van der Waals surface area contributed by atoms with Crippen molar-refractivity contribution < 1.29 is 18.9 Å². The summed E-state index contributed by atoms with van der Waals surface area (Å²) >= 11 is 0. The van der Waals surface area contributed by atoms with Gasteiger partial charge in [-0.05, 0) is 79.4 Å². The predicted molar refractivity (Wildman–Crippen MR) is 101 cm³/mol. The Morgan fingerprint density at radius 1 is 0.808 bits per heavy atom. The van der Waals surface area contributed by atoms with Crippen LogP contribution in [0.2, 0.25) is 0 Å². The molecule has 2 aromatic carbocycles. The molecule has 0 aromatic heterocycles. The standard InChI is InChI=1S/C21H25NO4/c1-22-7-4-5-14-10-20-21(26-13-25-20)12-17(14)16-11-19(24-3)18(23-2)9-15(16)6-8-22/h9-12H,4-8,13H2,1-3H3. The zero-order valence-electron chi connectivity index (χ0n) is 15.6. The average Bonchev–Trinajstić information content (AvgIpc) is 3.12. The maximum Gasteiger partial charge on any atom is 0.231 e. The molecule has 0 unspecified atom stereocenters. The van der Waals surface area contributed by atoms with Gasteiger partial charge in [-0.3, -0.25) is 0 Å². The lowest BCUT2D eigenvalue weighted by Crippen LogP contribution is -2.23. The molecule has 0 saturated heterocycles. The first kappa shape index (κ1) is 17.0. The van der Waals surface area contributed by atoms with Gasteiger partial charge in [0, 0.05) is 6.54 Å². The van der Waals surface area contributed by atoms with Crippen LogP contribution in [0.25, 0.3) is 11.1 Å². The molecule has 0 atom stereocenters. The number of ether oxygens (including phenoxy) is 4. The van der Waals surface area contributed by atoms with Crippen molar-refractivity contribution in [2.75, 3.05) is 41.1 Å². The Morgan fingerprint density at radius 3 is 2.23 bits per heavy atom. The number of rotatable bonds is 2. The smallest absolute Gasteiger partial charge is 0.231 e. The minimum absolute atomic E-state index is 0.291. The molecule has 2 heterocycles. The SMILES string of the molecule is COc1cc2c(cc1OC)-c1cc3c(cc1CCCN(C)CC2)OCO3. The number of benzene rings is 2. The molecule has 0 saturated carbocycles. The average molecular weight is 355 g/mol. The first-order chi connectivity index (χ1) is 12.7. The molecule has 0 N–H and O–H groups in total. The zero-order valence-corrected chi connectivity index (χ0v) is 15.6. The van der Waals surface area contributed by atoms with Gasteiger partial charge in [0.2, 0.25) is 6.79 Å². The van der Waals surface area contributed by atoms with E-state index in [2.05, 4.69) is 36.2 Å². The third kappa shape index (κ3) is 3.07. The molecule has 5 heteroatoms. The van der Waals surface area contributed by atoms with Crippen molar-refractivity contribution in [3.8, 4) is 34.1 Å². The van der Waals surface area contributed by atoms with Crippen molar-refractivity contribution in [2.45, 2.75) is 19.3 Å². The van der Waals surface area contributed by atoms with Crippen molar-refractivity contribution >= 4 is 0 Å². The van der Waals surface area contributed by atoms with Crippen molar-refractivity contribution in [3.05, 3.63) is 35.4 Å². The molecule has 5 nitrogen and oxygen atoms in total. The van der Waals surface area contributed by atoms with Crippen LogP contribution in [0.3, 0.4) is 0 Å². The molecule has 2 aromatic rings. The van der Waals surface area contributed by atoms with Crippen LogP contribution in [0.15, 0.2) is 24.3 Å². The van der Waals surface area contributed by atoms with E-state index in [1.54, 1.807) is 14.2 Å². The van der Waals surface area contributed by atoms with E-state index in [4.69, 9.17) is 18.9 Å². The lowest BCUT2D eigenvalue weighted by atomic mass is 9.90. The number of aryl methyl sites for hydroxylation is 1. The van der Waals surface area contributed by atoms with Gasteiger partial charge in [0.25, 0.3) is 0 Å². The molecule has 0 amide bonds. The molecule has 0 spiro atoms.